The van der Waals surface area contributed by atoms with Crippen molar-refractivity contribution < 1.29 is 0 Å². The van der Waals surface area contributed by atoms with Gasteiger partial charge in [0, 0.05) is 5.92 Å². The monoisotopic (exact) mass is 828 g/mol. The second kappa shape index (κ2) is 15.0. The molecule has 0 saturated carbocycles. The van der Waals surface area contributed by atoms with Crippen molar-refractivity contribution in [2.45, 2.75) is 43.9 Å². The highest BCUT2D eigenvalue weighted by Gasteiger charge is 2.51. The summed E-state index contributed by atoms with van der Waals surface area (Å²) in [5.74, 6) is 0.269. The lowest BCUT2D eigenvalue weighted by atomic mass is 9.70. The van der Waals surface area contributed by atoms with Crippen LogP contribution in [0.5, 0.6) is 0 Å². The number of fused-ring (bicyclic) bond motifs is 13. The third kappa shape index (κ3) is 5.83. The van der Waals surface area contributed by atoms with Gasteiger partial charge < -0.3 is 0 Å². The first kappa shape index (κ1) is 38.0. The smallest absolute Gasteiger partial charge is 0.0725 e. The molecule has 0 aliphatic heterocycles. The van der Waals surface area contributed by atoms with Crippen LogP contribution in [-0.2, 0) is 11.8 Å². The fourth-order valence-corrected chi connectivity index (χ4v) is 12.2. The van der Waals surface area contributed by atoms with E-state index in [-0.39, 0.29) is 11.3 Å². The Bertz CT molecular complexity index is 3350. The lowest BCUT2D eigenvalue weighted by Gasteiger charge is -2.31. The summed E-state index contributed by atoms with van der Waals surface area (Å²) in [6.45, 7) is 2.34. The molecule has 0 aromatic heterocycles. The molecule has 0 heteroatoms. The van der Waals surface area contributed by atoms with E-state index >= 15 is 0 Å². The van der Waals surface area contributed by atoms with E-state index in [9.17, 15) is 0 Å². The Kier molecular flexibility index (Phi) is 8.78. The third-order valence-electron chi connectivity index (χ3n) is 15.2. The Morgan fingerprint density at radius 3 is 1.72 bits per heavy atom. The topological polar surface area (TPSA) is 0 Å². The Labute approximate surface area is 383 Å². The van der Waals surface area contributed by atoms with Crippen molar-refractivity contribution in [2.24, 2.45) is 0 Å². The number of aryl methyl sites for hydroxylation is 1. The van der Waals surface area contributed by atoms with Crippen LogP contribution in [0.4, 0.5) is 0 Å². The van der Waals surface area contributed by atoms with Crippen molar-refractivity contribution in [1.29, 1.82) is 0 Å². The summed E-state index contributed by atoms with van der Waals surface area (Å²) in [5.41, 5.74) is 29.5. The normalized spacial score (nSPS) is 17.3. The summed E-state index contributed by atoms with van der Waals surface area (Å²) in [7, 11) is 0. The van der Waals surface area contributed by atoms with E-state index in [0.29, 0.717) is 0 Å². The maximum absolute atomic E-state index is 2.62. The number of hydrogen-bond acceptors (Lipinski definition) is 0. The van der Waals surface area contributed by atoms with Gasteiger partial charge in [0.25, 0.3) is 0 Å². The highest BCUT2D eigenvalue weighted by molar-refractivity contribution is 6.02. The van der Waals surface area contributed by atoms with E-state index in [2.05, 4.69) is 225 Å². The van der Waals surface area contributed by atoms with Crippen molar-refractivity contribution >= 4 is 22.3 Å². The summed E-state index contributed by atoms with van der Waals surface area (Å²) >= 11 is 0. The first-order valence-electron chi connectivity index (χ1n) is 23.5. The van der Waals surface area contributed by atoms with Crippen LogP contribution in [-0.4, -0.2) is 0 Å². The highest BCUT2D eigenvalue weighted by Crippen LogP contribution is 2.63. The molecular weight excluding hydrogens is 781 g/mol. The zero-order valence-electron chi connectivity index (χ0n) is 36.7. The largest absolute Gasteiger partial charge is 0.0798 e. The summed E-state index contributed by atoms with van der Waals surface area (Å²) in [6.07, 6.45) is 14.2. The molecule has 1 unspecified atom stereocenters. The molecular formula is C65H48. The van der Waals surface area contributed by atoms with E-state index < -0.39 is 0 Å². The van der Waals surface area contributed by atoms with Crippen molar-refractivity contribution in [2.75, 3.05) is 0 Å². The second-order valence-corrected chi connectivity index (χ2v) is 18.5. The van der Waals surface area contributed by atoms with E-state index in [4.69, 9.17) is 0 Å². The Morgan fingerprint density at radius 1 is 0.431 bits per heavy atom. The van der Waals surface area contributed by atoms with Crippen LogP contribution in [0, 0.1) is 0 Å². The fourth-order valence-electron chi connectivity index (χ4n) is 12.2. The molecule has 0 saturated heterocycles. The van der Waals surface area contributed by atoms with Gasteiger partial charge >= 0.3 is 0 Å². The number of allylic oxidation sites excluding steroid dienone is 10. The van der Waals surface area contributed by atoms with Gasteiger partial charge in [0.1, 0.15) is 0 Å². The Balaban J connectivity index is 0.921. The first-order valence-corrected chi connectivity index (χ1v) is 23.5. The van der Waals surface area contributed by atoms with Crippen LogP contribution in [0.3, 0.4) is 0 Å². The zero-order chi connectivity index (χ0) is 43.1. The minimum atomic E-state index is -0.354. The molecule has 0 radical (unpaired) electrons. The second-order valence-electron chi connectivity index (χ2n) is 18.5. The zero-order valence-corrected chi connectivity index (χ0v) is 36.7. The predicted molar refractivity (Wildman–Crippen MR) is 272 cm³/mol. The molecule has 0 bridgehead atoms. The molecule has 8 aromatic rings. The van der Waals surface area contributed by atoms with Gasteiger partial charge in [0.15, 0.2) is 0 Å². The first-order chi connectivity index (χ1) is 32.1. The number of benzene rings is 8. The maximum Gasteiger partial charge on any atom is 0.0725 e. The van der Waals surface area contributed by atoms with Gasteiger partial charge in [0.05, 0.1) is 5.41 Å². The van der Waals surface area contributed by atoms with E-state index in [1.807, 2.05) is 0 Å². The van der Waals surface area contributed by atoms with Crippen LogP contribution in [0.25, 0.3) is 55.7 Å². The molecule has 5 aliphatic rings. The lowest BCUT2D eigenvalue weighted by molar-refractivity contribution is 0.794. The molecule has 0 nitrogen and oxygen atoms in total. The van der Waals surface area contributed by atoms with Gasteiger partial charge in [-0.3, -0.25) is 0 Å². The van der Waals surface area contributed by atoms with Gasteiger partial charge in [-0.25, -0.2) is 0 Å². The Hall–Kier alpha value is -7.54. The minimum absolute atomic E-state index is 0.269. The van der Waals surface area contributed by atoms with Gasteiger partial charge in [-0.1, -0.05) is 206 Å². The van der Waals surface area contributed by atoms with Gasteiger partial charge in [-0.15, -0.1) is 0 Å². The summed E-state index contributed by atoms with van der Waals surface area (Å²) in [6, 6.07) is 73.0. The molecule has 5 aliphatic carbocycles. The average Bonchev–Trinajstić information content (AvgIpc) is 3.77. The molecule has 0 fully saturated rings. The van der Waals surface area contributed by atoms with Crippen LogP contribution in [0.2, 0.25) is 0 Å². The van der Waals surface area contributed by atoms with Crippen molar-refractivity contribution in [3.63, 3.8) is 0 Å². The summed E-state index contributed by atoms with van der Waals surface area (Å²) in [4.78, 5) is 0. The molecule has 0 heterocycles. The SMILES string of the molecule is CC1=C(c2cccc3c2C2=CC(c4cccc(-c5ccc6c(c5)C5(c7ccccc7-c7ccccc75)c5ccccc5-6)c4)CC=C2CC3)C=C(c2ccccc2)CC=C1c1ccccc1. The van der Waals surface area contributed by atoms with Crippen LogP contribution in [0.1, 0.15) is 87.7 Å². The molecule has 1 atom stereocenters. The molecule has 1 spiro atoms. The molecule has 8 aromatic carbocycles. The van der Waals surface area contributed by atoms with Gasteiger partial charge in [0.2, 0.25) is 0 Å². The van der Waals surface area contributed by atoms with E-state index in [1.54, 1.807) is 0 Å². The van der Waals surface area contributed by atoms with Gasteiger partial charge in [-0.2, -0.15) is 0 Å². The van der Waals surface area contributed by atoms with E-state index in [0.717, 1.165) is 25.7 Å². The van der Waals surface area contributed by atoms with Crippen LogP contribution in [0.15, 0.2) is 230 Å². The van der Waals surface area contributed by atoms with Crippen molar-refractivity contribution in [1.82, 2.24) is 0 Å². The van der Waals surface area contributed by atoms with Crippen LogP contribution >= 0.6 is 0 Å². The highest BCUT2D eigenvalue weighted by atomic mass is 14.5. The lowest BCUT2D eigenvalue weighted by Crippen LogP contribution is -2.25. The molecule has 0 amide bonds. The van der Waals surface area contributed by atoms with Crippen molar-refractivity contribution in [3.8, 4) is 33.4 Å². The molecule has 13 rings (SSSR count). The number of hydrogen-bond donors (Lipinski definition) is 0. The quantitative estimate of drug-likeness (QED) is 0.162. The fraction of sp³-hybridized carbons (Fsp3) is 0.108. The van der Waals surface area contributed by atoms with E-state index in [1.165, 1.54) is 122 Å². The maximum atomic E-state index is 2.62. The Morgan fingerprint density at radius 2 is 1.02 bits per heavy atom. The van der Waals surface area contributed by atoms with Crippen molar-refractivity contribution in [3.05, 3.63) is 285 Å². The predicted octanol–water partition coefficient (Wildman–Crippen LogP) is 16.5. The minimum Gasteiger partial charge on any atom is -0.0798 e. The molecule has 308 valence electrons. The average molecular weight is 829 g/mol. The standard InChI is InChI=1S/C65H48/c1-42-52(44-18-6-3-7-19-44)36-34-49(43-16-4-2-5-17-43)39-58(42)57-26-15-20-46-32-30-45-31-33-50(40-59(45)64(46)57)47-21-14-22-48(38-47)51-35-37-56-55-25-10-13-29-62(55)65(63(56)41-51)60-27-11-8-23-53(60)54-24-9-12-28-61(54)65/h2-29,31,35-41,50H,30,32-34H2,1H3. The molecule has 0 N–H and O–H groups in total. The summed E-state index contributed by atoms with van der Waals surface area (Å²) < 4.78 is 0. The molecule has 65 heavy (non-hydrogen) atoms. The van der Waals surface area contributed by atoms with Gasteiger partial charge in [-0.05, 0) is 167 Å². The summed E-state index contributed by atoms with van der Waals surface area (Å²) in [5, 5.41) is 0. The van der Waals surface area contributed by atoms with Crippen LogP contribution < -0.4 is 0 Å². The third-order valence-corrected chi connectivity index (χ3v) is 15.2. The number of rotatable bonds is 5.